The molecule has 1 heterocycles. The van der Waals surface area contributed by atoms with Crippen molar-refractivity contribution in [3.05, 3.63) is 34.6 Å². The Labute approximate surface area is 102 Å². The number of nitrogens with zero attached hydrogens (tertiary/aromatic N) is 4. The topological polar surface area (TPSA) is 55.6 Å². The molecule has 0 aliphatic rings. The van der Waals surface area contributed by atoms with Gasteiger partial charge in [0.2, 0.25) is 0 Å². The van der Waals surface area contributed by atoms with Crippen molar-refractivity contribution in [2.75, 3.05) is 13.6 Å². The van der Waals surface area contributed by atoms with E-state index in [0.29, 0.717) is 0 Å². The van der Waals surface area contributed by atoms with Crippen LogP contribution in [-0.4, -0.2) is 33.8 Å². The van der Waals surface area contributed by atoms with Crippen molar-refractivity contribution >= 4 is 15.9 Å². The van der Waals surface area contributed by atoms with E-state index in [2.05, 4.69) is 36.7 Å². The van der Waals surface area contributed by atoms with E-state index in [0.717, 1.165) is 29.0 Å². The van der Waals surface area contributed by atoms with Crippen LogP contribution in [0.15, 0.2) is 28.7 Å². The molecule has 1 aromatic heterocycles. The molecule has 1 aromatic carbocycles. The lowest BCUT2D eigenvalue weighted by Crippen LogP contribution is -2.11. The lowest BCUT2D eigenvalue weighted by Gasteiger charge is -1.98. The van der Waals surface area contributed by atoms with Crippen molar-refractivity contribution in [2.24, 2.45) is 0 Å². The third kappa shape index (κ3) is 2.65. The standard InChI is InChI=1S/C10H12BrN5/c1-12-6-5-10-13-15-16(14-10)9-4-2-3-8(11)7-9/h2-4,7,12H,5-6H2,1H3. The maximum Gasteiger partial charge on any atom is 0.176 e. The summed E-state index contributed by atoms with van der Waals surface area (Å²) in [6.45, 7) is 0.851. The summed E-state index contributed by atoms with van der Waals surface area (Å²) in [6, 6.07) is 7.79. The fourth-order valence-electron chi connectivity index (χ4n) is 1.29. The number of tetrazole rings is 1. The summed E-state index contributed by atoms with van der Waals surface area (Å²) in [6.07, 6.45) is 0.782. The lowest BCUT2D eigenvalue weighted by atomic mass is 10.3. The average Bonchev–Trinajstić information content (AvgIpc) is 2.75. The predicted octanol–water partition coefficient (Wildman–Crippen LogP) is 1.19. The van der Waals surface area contributed by atoms with Gasteiger partial charge < -0.3 is 5.32 Å². The Hall–Kier alpha value is -1.27. The van der Waals surface area contributed by atoms with Crippen LogP contribution in [0.25, 0.3) is 5.69 Å². The van der Waals surface area contributed by atoms with Gasteiger partial charge in [-0.25, -0.2) is 0 Å². The molecule has 2 rings (SSSR count). The van der Waals surface area contributed by atoms with Gasteiger partial charge in [0.25, 0.3) is 0 Å². The molecule has 0 radical (unpaired) electrons. The van der Waals surface area contributed by atoms with E-state index in [4.69, 9.17) is 0 Å². The van der Waals surface area contributed by atoms with Gasteiger partial charge in [0.1, 0.15) is 0 Å². The van der Waals surface area contributed by atoms with Crippen molar-refractivity contribution in [1.82, 2.24) is 25.5 Å². The van der Waals surface area contributed by atoms with Crippen LogP contribution >= 0.6 is 15.9 Å². The number of hydrogen-bond acceptors (Lipinski definition) is 4. The SMILES string of the molecule is CNCCc1nnn(-c2cccc(Br)c2)n1. The van der Waals surface area contributed by atoms with Crippen LogP contribution in [-0.2, 0) is 6.42 Å². The smallest absolute Gasteiger partial charge is 0.176 e. The van der Waals surface area contributed by atoms with Gasteiger partial charge in [-0.3, -0.25) is 0 Å². The number of likely N-dealkylation sites (N-methyl/N-ethyl adjacent to an activating group) is 1. The van der Waals surface area contributed by atoms with E-state index in [-0.39, 0.29) is 0 Å². The van der Waals surface area contributed by atoms with Crippen molar-refractivity contribution in [1.29, 1.82) is 0 Å². The largest absolute Gasteiger partial charge is 0.319 e. The first-order chi connectivity index (χ1) is 7.79. The van der Waals surface area contributed by atoms with Gasteiger partial charge in [0, 0.05) is 17.4 Å². The highest BCUT2D eigenvalue weighted by Crippen LogP contribution is 2.13. The van der Waals surface area contributed by atoms with Gasteiger partial charge in [0.05, 0.1) is 5.69 Å². The van der Waals surface area contributed by atoms with Gasteiger partial charge in [-0.15, -0.1) is 15.0 Å². The Morgan fingerprint density at radius 1 is 1.44 bits per heavy atom. The molecule has 0 spiro atoms. The first-order valence-corrected chi connectivity index (χ1v) is 5.78. The van der Waals surface area contributed by atoms with Gasteiger partial charge in [0.15, 0.2) is 5.82 Å². The van der Waals surface area contributed by atoms with Crippen molar-refractivity contribution in [3.63, 3.8) is 0 Å². The molecule has 0 fully saturated rings. The molecule has 5 nitrogen and oxygen atoms in total. The van der Waals surface area contributed by atoms with Crippen molar-refractivity contribution < 1.29 is 0 Å². The maximum absolute atomic E-state index is 4.29. The van der Waals surface area contributed by atoms with E-state index >= 15 is 0 Å². The second-order valence-electron chi connectivity index (χ2n) is 3.33. The third-order valence-corrected chi connectivity index (χ3v) is 2.59. The second-order valence-corrected chi connectivity index (χ2v) is 4.24. The summed E-state index contributed by atoms with van der Waals surface area (Å²) in [5.41, 5.74) is 0.901. The summed E-state index contributed by atoms with van der Waals surface area (Å²) in [5, 5.41) is 15.3. The molecule has 16 heavy (non-hydrogen) atoms. The highest BCUT2D eigenvalue weighted by Gasteiger charge is 2.04. The Bertz CT molecular complexity index is 468. The van der Waals surface area contributed by atoms with E-state index < -0.39 is 0 Å². The summed E-state index contributed by atoms with van der Waals surface area (Å²) < 4.78 is 0.999. The van der Waals surface area contributed by atoms with E-state index in [9.17, 15) is 0 Å². The molecule has 0 amide bonds. The van der Waals surface area contributed by atoms with Crippen LogP contribution in [0.4, 0.5) is 0 Å². The van der Waals surface area contributed by atoms with Crippen LogP contribution < -0.4 is 5.32 Å². The summed E-state index contributed by atoms with van der Waals surface area (Å²) in [5.74, 6) is 0.745. The quantitative estimate of drug-likeness (QED) is 0.915. The number of nitrogens with one attached hydrogen (secondary N) is 1. The summed E-state index contributed by atoms with van der Waals surface area (Å²) in [4.78, 5) is 1.54. The molecular weight excluding hydrogens is 270 g/mol. The van der Waals surface area contributed by atoms with Crippen LogP contribution in [0.2, 0.25) is 0 Å². The summed E-state index contributed by atoms with van der Waals surface area (Å²) >= 11 is 3.41. The molecule has 1 N–H and O–H groups in total. The fourth-order valence-corrected chi connectivity index (χ4v) is 1.68. The zero-order valence-corrected chi connectivity index (χ0v) is 10.5. The number of aromatic nitrogens is 4. The Morgan fingerprint density at radius 3 is 3.06 bits per heavy atom. The Kier molecular flexibility index (Phi) is 3.63. The third-order valence-electron chi connectivity index (χ3n) is 2.09. The van der Waals surface area contributed by atoms with Crippen molar-refractivity contribution in [3.8, 4) is 5.69 Å². The van der Waals surface area contributed by atoms with E-state index in [1.165, 1.54) is 4.80 Å². The zero-order valence-electron chi connectivity index (χ0n) is 8.89. The Morgan fingerprint density at radius 2 is 2.31 bits per heavy atom. The minimum atomic E-state index is 0.745. The maximum atomic E-state index is 4.29. The molecule has 2 aromatic rings. The average molecular weight is 282 g/mol. The number of rotatable bonds is 4. The van der Waals surface area contributed by atoms with Gasteiger partial charge in [-0.05, 0) is 30.5 Å². The number of hydrogen-bond donors (Lipinski definition) is 1. The monoisotopic (exact) mass is 281 g/mol. The minimum absolute atomic E-state index is 0.745. The highest BCUT2D eigenvalue weighted by molar-refractivity contribution is 9.10. The number of halogens is 1. The van der Waals surface area contributed by atoms with Gasteiger partial charge >= 0.3 is 0 Å². The molecule has 6 heteroatoms. The van der Waals surface area contributed by atoms with Gasteiger partial charge in [-0.1, -0.05) is 22.0 Å². The molecule has 0 aliphatic carbocycles. The number of benzene rings is 1. The molecule has 0 atom stereocenters. The molecular formula is C10H12BrN5. The zero-order chi connectivity index (χ0) is 11.4. The lowest BCUT2D eigenvalue weighted by molar-refractivity contribution is 0.713. The van der Waals surface area contributed by atoms with E-state index in [1.807, 2.05) is 31.3 Å². The first-order valence-electron chi connectivity index (χ1n) is 4.99. The fraction of sp³-hybridized carbons (Fsp3) is 0.300. The highest BCUT2D eigenvalue weighted by atomic mass is 79.9. The normalized spacial score (nSPS) is 10.6. The molecule has 0 saturated heterocycles. The molecule has 84 valence electrons. The van der Waals surface area contributed by atoms with Crippen LogP contribution in [0.1, 0.15) is 5.82 Å². The molecule has 0 aliphatic heterocycles. The van der Waals surface area contributed by atoms with Crippen LogP contribution in [0.3, 0.4) is 0 Å². The first kappa shape index (κ1) is 11.2. The minimum Gasteiger partial charge on any atom is -0.319 e. The van der Waals surface area contributed by atoms with Gasteiger partial charge in [-0.2, -0.15) is 0 Å². The molecule has 0 bridgehead atoms. The van der Waals surface area contributed by atoms with Crippen LogP contribution in [0, 0.1) is 0 Å². The van der Waals surface area contributed by atoms with E-state index in [1.54, 1.807) is 0 Å². The Balaban J connectivity index is 2.18. The summed E-state index contributed by atoms with van der Waals surface area (Å²) in [7, 11) is 1.90. The van der Waals surface area contributed by atoms with Crippen LogP contribution in [0.5, 0.6) is 0 Å². The van der Waals surface area contributed by atoms with Crippen molar-refractivity contribution in [2.45, 2.75) is 6.42 Å². The molecule has 0 saturated carbocycles. The molecule has 0 unspecified atom stereocenters. The second kappa shape index (κ2) is 5.18. The predicted molar refractivity (Wildman–Crippen MR) is 64.5 cm³/mol.